The van der Waals surface area contributed by atoms with Crippen LogP contribution in [0.2, 0.25) is 0 Å². The van der Waals surface area contributed by atoms with E-state index in [0.717, 1.165) is 44.3 Å². The number of nitrogens with one attached hydrogen (secondary N) is 1. The summed E-state index contributed by atoms with van der Waals surface area (Å²) in [6.45, 7) is 6.70. The van der Waals surface area contributed by atoms with Gasteiger partial charge in [0.15, 0.2) is 5.96 Å². The summed E-state index contributed by atoms with van der Waals surface area (Å²) in [7, 11) is 1.86. The van der Waals surface area contributed by atoms with Gasteiger partial charge < -0.3 is 15.1 Å². The molecule has 2 saturated heterocycles. The third-order valence-corrected chi connectivity index (χ3v) is 6.57. The molecule has 1 amide bonds. The van der Waals surface area contributed by atoms with Crippen LogP contribution in [0.15, 0.2) is 29.3 Å². The van der Waals surface area contributed by atoms with Crippen molar-refractivity contribution in [1.29, 1.82) is 0 Å². The highest BCUT2D eigenvalue weighted by Crippen LogP contribution is 2.21. The minimum Gasteiger partial charge on any atom is -0.352 e. The standard InChI is InChI=1S/C20H30N4OS/c1-3-18-15-24(11-12-26-18)20(21-2)22-13-16-7-4-5-8-17(16)14-23-10-6-9-19(23)25/h4-5,7-8,18H,3,6,9-15H2,1-2H3,(H,21,22). The fourth-order valence-corrected chi connectivity index (χ4v) is 4.81. The Morgan fingerprint density at radius 2 is 2.12 bits per heavy atom. The fraction of sp³-hybridized carbons (Fsp3) is 0.600. The van der Waals surface area contributed by atoms with E-state index in [-0.39, 0.29) is 5.91 Å². The second kappa shape index (κ2) is 9.31. The second-order valence-corrected chi connectivity index (χ2v) is 8.34. The van der Waals surface area contributed by atoms with Crippen molar-refractivity contribution < 1.29 is 4.79 Å². The first kappa shape index (κ1) is 19.1. The number of hydrogen-bond donors (Lipinski definition) is 1. The molecule has 1 N–H and O–H groups in total. The Bertz CT molecular complexity index is 648. The molecule has 0 bridgehead atoms. The molecule has 0 aliphatic carbocycles. The van der Waals surface area contributed by atoms with Crippen molar-refractivity contribution in [2.75, 3.05) is 32.4 Å². The van der Waals surface area contributed by atoms with Crippen molar-refractivity contribution in [3.8, 4) is 0 Å². The van der Waals surface area contributed by atoms with Gasteiger partial charge in [-0.25, -0.2) is 0 Å². The quantitative estimate of drug-likeness (QED) is 0.636. The summed E-state index contributed by atoms with van der Waals surface area (Å²) < 4.78 is 0. The lowest BCUT2D eigenvalue weighted by Gasteiger charge is -2.34. The molecule has 3 rings (SSSR count). The first-order valence-corrected chi connectivity index (χ1v) is 10.7. The number of hydrogen-bond acceptors (Lipinski definition) is 3. The second-order valence-electron chi connectivity index (χ2n) is 6.94. The monoisotopic (exact) mass is 374 g/mol. The molecule has 6 heteroatoms. The Morgan fingerprint density at radius 1 is 1.31 bits per heavy atom. The van der Waals surface area contributed by atoms with Crippen LogP contribution in [0.4, 0.5) is 0 Å². The molecule has 2 heterocycles. The third kappa shape index (κ3) is 4.72. The molecule has 5 nitrogen and oxygen atoms in total. The normalized spacial score (nSPS) is 21.4. The lowest BCUT2D eigenvalue weighted by atomic mass is 10.1. The van der Waals surface area contributed by atoms with Gasteiger partial charge in [-0.1, -0.05) is 31.2 Å². The maximum Gasteiger partial charge on any atom is 0.222 e. The van der Waals surface area contributed by atoms with Gasteiger partial charge in [0.2, 0.25) is 5.91 Å². The summed E-state index contributed by atoms with van der Waals surface area (Å²) in [6, 6.07) is 8.41. The maximum atomic E-state index is 12.0. The van der Waals surface area contributed by atoms with E-state index >= 15 is 0 Å². The van der Waals surface area contributed by atoms with Crippen molar-refractivity contribution in [3.63, 3.8) is 0 Å². The van der Waals surface area contributed by atoms with Crippen molar-refractivity contribution in [2.45, 2.75) is 44.5 Å². The molecule has 2 aliphatic heterocycles. The number of likely N-dealkylation sites (tertiary alicyclic amines) is 1. The molecule has 0 aromatic heterocycles. The molecule has 1 atom stereocenters. The van der Waals surface area contributed by atoms with E-state index in [4.69, 9.17) is 0 Å². The van der Waals surface area contributed by atoms with Gasteiger partial charge >= 0.3 is 0 Å². The topological polar surface area (TPSA) is 47.9 Å². The number of benzene rings is 1. The number of nitrogens with zero attached hydrogens (tertiary/aromatic N) is 3. The van der Waals surface area contributed by atoms with Gasteiger partial charge in [-0.3, -0.25) is 9.79 Å². The number of thioether (sulfide) groups is 1. The van der Waals surface area contributed by atoms with Crippen molar-refractivity contribution in [1.82, 2.24) is 15.1 Å². The molecule has 2 aliphatic rings. The van der Waals surface area contributed by atoms with Crippen molar-refractivity contribution in [2.24, 2.45) is 4.99 Å². The molecule has 1 aromatic rings. The lowest BCUT2D eigenvalue weighted by molar-refractivity contribution is -0.128. The van der Waals surface area contributed by atoms with Crippen LogP contribution in [-0.2, 0) is 17.9 Å². The molecule has 0 radical (unpaired) electrons. The van der Waals surface area contributed by atoms with Gasteiger partial charge in [0.1, 0.15) is 0 Å². The summed E-state index contributed by atoms with van der Waals surface area (Å²) in [6.07, 6.45) is 2.88. The van der Waals surface area contributed by atoms with E-state index in [1.807, 2.05) is 11.9 Å². The number of carbonyl (C=O) groups is 1. The lowest BCUT2D eigenvalue weighted by Crippen LogP contribution is -2.47. The fourth-order valence-electron chi connectivity index (χ4n) is 3.63. The smallest absolute Gasteiger partial charge is 0.222 e. The van der Waals surface area contributed by atoms with Crippen molar-refractivity contribution in [3.05, 3.63) is 35.4 Å². The van der Waals surface area contributed by atoms with E-state index in [9.17, 15) is 4.79 Å². The van der Waals surface area contributed by atoms with Crippen LogP contribution < -0.4 is 5.32 Å². The molecule has 2 fully saturated rings. The first-order chi connectivity index (χ1) is 12.7. The highest BCUT2D eigenvalue weighted by Gasteiger charge is 2.23. The predicted octanol–water partition coefficient (Wildman–Crippen LogP) is 2.71. The number of guanidine groups is 1. The summed E-state index contributed by atoms with van der Waals surface area (Å²) in [4.78, 5) is 20.8. The van der Waals surface area contributed by atoms with E-state index in [0.29, 0.717) is 18.2 Å². The molecule has 1 aromatic carbocycles. The Balaban J connectivity index is 1.62. The molecule has 26 heavy (non-hydrogen) atoms. The summed E-state index contributed by atoms with van der Waals surface area (Å²) in [5, 5.41) is 4.23. The minimum absolute atomic E-state index is 0.278. The van der Waals surface area contributed by atoms with Crippen LogP contribution in [0.5, 0.6) is 0 Å². The predicted molar refractivity (Wildman–Crippen MR) is 109 cm³/mol. The van der Waals surface area contributed by atoms with Crippen LogP contribution in [0.1, 0.15) is 37.3 Å². The van der Waals surface area contributed by atoms with Crippen LogP contribution in [0, 0.1) is 0 Å². The Hall–Kier alpha value is -1.69. The summed E-state index contributed by atoms with van der Waals surface area (Å²) >= 11 is 2.07. The van der Waals surface area contributed by atoms with Crippen LogP contribution in [-0.4, -0.2) is 59.4 Å². The summed E-state index contributed by atoms with van der Waals surface area (Å²) in [5.41, 5.74) is 2.47. The van der Waals surface area contributed by atoms with E-state index in [1.54, 1.807) is 0 Å². The van der Waals surface area contributed by atoms with Crippen LogP contribution in [0.3, 0.4) is 0 Å². The highest BCUT2D eigenvalue weighted by atomic mass is 32.2. The Kier molecular flexibility index (Phi) is 6.83. The van der Waals surface area contributed by atoms with Gasteiger partial charge in [-0.15, -0.1) is 0 Å². The number of carbonyl (C=O) groups excluding carboxylic acids is 1. The average Bonchev–Trinajstić information content (AvgIpc) is 3.08. The molecule has 0 spiro atoms. The Morgan fingerprint density at radius 3 is 2.81 bits per heavy atom. The zero-order valence-electron chi connectivity index (χ0n) is 15.9. The molecule has 0 saturated carbocycles. The van der Waals surface area contributed by atoms with Gasteiger partial charge in [-0.05, 0) is 24.0 Å². The molecular weight excluding hydrogens is 344 g/mol. The van der Waals surface area contributed by atoms with Crippen molar-refractivity contribution >= 4 is 23.6 Å². The summed E-state index contributed by atoms with van der Waals surface area (Å²) in [5.74, 6) is 2.42. The number of aliphatic imine (C=N–C) groups is 1. The van der Waals surface area contributed by atoms with Gasteiger partial charge in [0, 0.05) is 57.2 Å². The van der Waals surface area contributed by atoms with E-state index < -0.39 is 0 Å². The average molecular weight is 375 g/mol. The zero-order valence-corrected chi connectivity index (χ0v) is 16.7. The number of amides is 1. The largest absolute Gasteiger partial charge is 0.352 e. The SMILES string of the molecule is CCC1CN(C(=NC)NCc2ccccc2CN2CCCC2=O)CCS1. The molecule has 142 valence electrons. The first-order valence-electron chi connectivity index (χ1n) is 9.63. The third-order valence-electron chi connectivity index (χ3n) is 5.19. The Labute approximate surface area is 161 Å². The highest BCUT2D eigenvalue weighted by molar-refractivity contribution is 8.00. The van der Waals surface area contributed by atoms with Gasteiger partial charge in [0.05, 0.1) is 0 Å². The molecular formula is C20H30N4OS. The number of rotatable bonds is 5. The molecule has 1 unspecified atom stereocenters. The van der Waals surface area contributed by atoms with E-state index in [2.05, 4.69) is 58.2 Å². The van der Waals surface area contributed by atoms with Gasteiger partial charge in [0.25, 0.3) is 0 Å². The van der Waals surface area contributed by atoms with Crippen LogP contribution >= 0.6 is 11.8 Å². The minimum atomic E-state index is 0.278. The van der Waals surface area contributed by atoms with E-state index in [1.165, 1.54) is 17.5 Å². The van der Waals surface area contributed by atoms with Crippen LogP contribution in [0.25, 0.3) is 0 Å². The van der Waals surface area contributed by atoms with Gasteiger partial charge in [-0.2, -0.15) is 11.8 Å². The maximum absolute atomic E-state index is 12.0. The zero-order chi connectivity index (χ0) is 18.4.